The Hall–Kier alpha value is -1.07. The first-order valence-electron chi connectivity index (χ1n) is 4.22. The molecular formula is C9H14O5. The smallest absolute Gasteiger partial charge is 0.338 e. The number of esters is 1. The first-order valence-corrected chi connectivity index (χ1v) is 4.22. The van der Waals surface area contributed by atoms with Gasteiger partial charge in [-0.15, -0.1) is 0 Å². The van der Waals surface area contributed by atoms with Crippen molar-refractivity contribution in [3.8, 4) is 0 Å². The monoisotopic (exact) mass is 202 g/mol. The number of aliphatic hydroxyl groups is 1. The van der Waals surface area contributed by atoms with Crippen LogP contribution >= 0.6 is 0 Å². The number of hydrogen-bond donors (Lipinski definition) is 1. The van der Waals surface area contributed by atoms with Crippen molar-refractivity contribution >= 4 is 5.97 Å². The zero-order valence-corrected chi connectivity index (χ0v) is 8.49. The molecule has 1 aliphatic heterocycles. The lowest BCUT2D eigenvalue weighted by molar-refractivity contribution is -0.151. The minimum absolute atomic E-state index is 0.0267. The predicted molar refractivity (Wildman–Crippen MR) is 47.2 cm³/mol. The van der Waals surface area contributed by atoms with Crippen LogP contribution in [0, 0.1) is 0 Å². The molecule has 0 bridgehead atoms. The molecule has 0 unspecified atom stereocenters. The zero-order valence-electron chi connectivity index (χ0n) is 8.49. The van der Waals surface area contributed by atoms with Gasteiger partial charge in [0.15, 0.2) is 18.2 Å². The molecule has 80 valence electrons. The Bertz CT molecular complexity index is 270. The van der Waals surface area contributed by atoms with Gasteiger partial charge in [-0.3, -0.25) is 0 Å². The van der Waals surface area contributed by atoms with Crippen LogP contribution < -0.4 is 0 Å². The highest BCUT2D eigenvalue weighted by molar-refractivity contribution is 5.91. The van der Waals surface area contributed by atoms with Crippen molar-refractivity contribution in [2.75, 3.05) is 20.5 Å². The third kappa shape index (κ3) is 1.73. The molecule has 1 rings (SSSR count). The highest BCUT2D eigenvalue weighted by atomic mass is 16.7. The van der Waals surface area contributed by atoms with E-state index in [1.54, 1.807) is 13.8 Å². The van der Waals surface area contributed by atoms with E-state index < -0.39 is 11.6 Å². The maximum absolute atomic E-state index is 11.2. The Morgan fingerprint density at radius 1 is 1.57 bits per heavy atom. The Balaban J connectivity index is 2.88. The van der Waals surface area contributed by atoms with Crippen LogP contribution in [0.25, 0.3) is 0 Å². The topological polar surface area (TPSA) is 65.0 Å². The van der Waals surface area contributed by atoms with Crippen LogP contribution in [0.1, 0.15) is 13.8 Å². The zero-order chi connectivity index (χ0) is 10.8. The van der Waals surface area contributed by atoms with Gasteiger partial charge in [-0.1, -0.05) is 0 Å². The van der Waals surface area contributed by atoms with E-state index in [0.717, 1.165) is 0 Å². The summed E-state index contributed by atoms with van der Waals surface area (Å²) in [6.07, 6.45) is 0. The molecule has 0 amide bonds. The highest BCUT2D eigenvalue weighted by Crippen LogP contribution is 2.32. The highest BCUT2D eigenvalue weighted by Gasteiger charge is 2.43. The van der Waals surface area contributed by atoms with Crippen molar-refractivity contribution in [2.24, 2.45) is 0 Å². The molecule has 0 spiro atoms. The van der Waals surface area contributed by atoms with Crippen LogP contribution in [0.3, 0.4) is 0 Å². The van der Waals surface area contributed by atoms with Gasteiger partial charge in [0.1, 0.15) is 0 Å². The third-order valence-electron chi connectivity index (χ3n) is 2.07. The van der Waals surface area contributed by atoms with Crippen LogP contribution in [0.5, 0.6) is 0 Å². The Labute approximate surface area is 82.3 Å². The van der Waals surface area contributed by atoms with E-state index >= 15 is 0 Å². The summed E-state index contributed by atoms with van der Waals surface area (Å²) in [7, 11) is 1.48. The van der Waals surface area contributed by atoms with Gasteiger partial charge in [0.25, 0.3) is 0 Å². The van der Waals surface area contributed by atoms with Gasteiger partial charge < -0.3 is 19.3 Å². The molecule has 14 heavy (non-hydrogen) atoms. The molecule has 1 atom stereocenters. The quantitative estimate of drug-likeness (QED) is 0.520. The fraction of sp³-hybridized carbons (Fsp3) is 0.667. The first kappa shape index (κ1) is 11.0. The summed E-state index contributed by atoms with van der Waals surface area (Å²) in [5.74, 6) is -0.125. The van der Waals surface area contributed by atoms with Gasteiger partial charge >= 0.3 is 5.97 Å². The summed E-state index contributed by atoms with van der Waals surface area (Å²) >= 11 is 0. The number of ether oxygens (including phenoxy) is 3. The van der Waals surface area contributed by atoms with Crippen LogP contribution in [0.2, 0.25) is 0 Å². The molecule has 0 aliphatic carbocycles. The van der Waals surface area contributed by atoms with E-state index in [1.807, 2.05) is 0 Å². The maximum atomic E-state index is 11.2. The molecule has 1 N–H and O–H groups in total. The van der Waals surface area contributed by atoms with Crippen LogP contribution in [-0.2, 0) is 19.0 Å². The fourth-order valence-corrected chi connectivity index (χ4v) is 1.30. The van der Waals surface area contributed by atoms with Crippen molar-refractivity contribution in [2.45, 2.75) is 19.4 Å². The number of hydrogen-bond acceptors (Lipinski definition) is 5. The van der Waals surface area contributed by atoms with E-state index in [2.05, 4.69) is 0 Å². The van der Waals surface area contributed by atoms with Crippen molar-refractivity contribution in [3.63, 3.8) is 0 Å². The molecule has 1 heterocycles. The second-order valence-electron chi connectivity index (χ2n) is 3.28. The second-order valence-corrected chi connectivity index (χ2v) is 3.28. The molecule has 0 saturated heterocycles. The van der Waals surface area contributed by atoms with Gasteiger partial charge in [0.2, 0.25) is 0 Å². The Morgan fingerprint density at radius 2 is 2.21 bits per heavy atom. The van der Waals surface area contributed by atoms with Crippen molar-refractivity contribution in [1.82, 2.24) is 0 Å². The molecule has 0 aromatic rings. The molecule has 0 fully saturated rings. The molecule has 0 aromatic carbocycles. The standard InChI is InChI=1S/C9H14O5/c1-6-7(13-5-12-3)9(2,4-10)14-8(6)11/h10H,4-5H2,1-3H3/t9-/m1/s1. The number of carbonyl (C=O) groups is 1. The average molecular weight is 202 g/mol. The fourth-order valence-electron chi connectivity index (χ4n) is 1.30. The van der Waals surface area contributed by atoms with Crippen LogP contribution in [-0.4, -0.2) is 37.2 Å². The first-order chi connectivity index (χ1) is 6.55. The number of cyclic esters (lactones) is 1. The van der Waals surface area contributed by atoms with Gasteiger partial charge in [0, 0.05) is 7.11 Å². The summed E-state index contributed by atoms with van der Waals surface area (Å²) in [6, 6.07) is 0. The summed E-state index contributed by atoms with van der Waals surface area (Å²) < 4.78 is 14.9. The number of carbonyl (C=O) groups excluding carboxylic acids is 1. The molecule has 0 aromatic heterocycles. The number of rotatable bonds is 4. The van der Waals surface area contributed by atoms with Crippen molar-refractivity contribution in [3.05, 3.63) is 11.3 Å². The minimum Gasteiger partial charge on any atom is -0.467 e. The summed E-state index contributed by atoms with van der Waals surface area (Å²) in [5, 5.41) is 9.10. The normalized spacial score (nSPS) is 26.7. The molecule has 0 radical (unpaired) electrons. The van der Waals surface area contributed by atoms with Crippen molar-refractivity contribution < 1.29 is 24.1 Å². The molecule has 5 nitrogen and oxygen atoms in total. The van der Waals surface area contributed by atoms with Crippen LogP contribution in [0.15, 0.2) is 11.3 Å². The summed E-state index contributed by atoms with van der Waals surface area (Å²) in [4.78, 5) is 11.2. The maximum Gasteiger partial charge on any atom is 0.338 e. The summed E-state index contributed by atoms with van der Waals surface area (Å²) in [5.41, 5.74) is -0.696. The largest absolute Gasteiger partial charge is 0.467 e. The van der Waals surface area contributed by atoms with Gasteiger partial charge in [0.05, 0.1) is 12.2 Å². The van der Waals surface area contributed by atoms with E-state index in [0.29, 0.717) is 11.3 Å². The van der Waals surface area contributed by atoms with Gasteiger partial charge in [-0.25, -0.2) is 4.79 Å². The molecule has 0 saturated carbocycles. The Morgan fingerprint density at radius 3 is 2.71 bits per heavy atom. The minimum atomic E-state index is -1.07. The molecule has 5 heteroatoms. The van der Waals surface area contributed by atoms with Gasteiger partial charge in [-0.05, 0) is 13.8 Å². The van der Waals surface area contributed by atoms with E-state index in [1.165, 1.54) is 7.11 Å². The third-order valence-corrected chi connectivity index (χ3v) is 2.07. The van der Waals surface area contributed by atoms with E-state index in [4.69, 9.17) is 19.3 Å². The summed E-state index contributed by atoms with van der Waals surface area (Å²) in [6.45, 7) is 2.90. The van der Waals surface area contributed by atoms with Gasteiger partial charge in [-0.2, -0.15) is 0 Å². The average Bonchev–Trinajstić information content (AvgIpc) is 2.37. The number of aliphatic hydroxyl groups excluding tert-OH is 1. The molecule has 1 aliphatic rings. The Kier molecular flexibility index (Phi) is 3.13. The lowest BCUT2D eigenvalue weighted by atomic mass is 10.0. The molecular weight excluding hydrogens is 188 g/mol. The lowest BCUT2D eigenvalue weighted by Gasteiger charge is -2.23. The van der Waals surface area contributed by atoms with Crippen LogP contribution in [0.4, 0.5) is 0 Å². The predicted octanol–water partition coefficient (Wildman–Crippen LogP) is 0.189. The lowest BCUT2D eigenvalue weighted by Crippen LogP contribution is -2.33. The van der Waals surface area contributed by atoms with Crippen molar-refractivity contribution in [1.29, 1.82) is 0 Å². The van der Waals surface area contributed by atoms with E-state index in [9.17, 15) is 4.79 Å². The number of methoxy groups -OCH3 is 1. The SMILES string of the molecule is COCOC1=C(C)C(=O)O[C@]1(C)CO. The second kappa shape index (κ2) is 3.98. The van der Waals surface area contributed by atoms with E-state index in [-0.39, 0.29) is 13.4 Å².